The first kappa shape index (κ1) is 27.0. The van der Waals surface area contributed by atoms with E-state index in [0.29, 0.717) is 31.1 Å². The van der Waals surface area contributed by atoms with E-state index in [0.717, 1.165) is 36.7 Å². The number of hydrogen-bond acceptors (Lipinski definition) is 7. The van der Waals surface area contributed by atoms with E-state index in [1.54, 1.807) is 18.3 Å². The SMILES string of the molecule is CCOc1ccc(COc2cccc(CN(CC)CCNc3ncccc3C(=O)OC(C)C)c2)cc1. The van der Waals surface area contributed by atoms with Crippen LogP contribution >= 0.6 is 0 Å². The minimum Gasteiger partial charge on any atom is -0.494 e. The second kappa shape index (κ2) is 14.1. The van der Waals surface area contributed by atoms with E-state index >= 15 is 0 Å². The molecule has 36 heavy (non-hydrogen) atoms. The van der Waals surface area contributed by atoms with Gasteiger partial charge >= 0.3 is 5.97 Å². The number of nitrogens with one attached hydrogen (secondary N) is 1. The van der Waals surface area contributed by atoms with Crippen molar-refractivity contribution in [3.63, 3.8) is 0 Å². The Morgan fingerprint density at radius 3 is 2.50 bits per heavy atom. The Hall–Kier alpha value is -3.58. The fraction of sp³-hybridized carbons (Fsp3) is 0.379. The van der Waals surface area contributed by atoms with Crippen molar-refractivity contribution in [3.05, 3.63) is 83.6 Å². The van der Waals surface area contributed by atoms with Crippen LogP contribution in [0.25, 0.3) is 0 Å². The number of hydrogen-bond donors (Lipinski definition) is 1. The molecule has 0 aliphatic carbocycles. The molecule has 0 saturated heterocycles. The van der Waals surface area contributed by atoms with Gasteiger partial charge in [-0.05, 0) is 74.8 Å². The Morgan fingerprint density at radius 1 is 0.972 bits per heavy atom. The molecular weight excluding hydrogens is 454 g/mol. The standard InChI is InChI=1S/C29H37N3O4/c1-5-32(18-17-31-28-27(11-8-16-30-28)29(33)36-22(3)4)20-24-9-7-10-26(19-24)35-21-23-12-14-25(15-13-23)34-6-2/h7-16,19,22H,5-6,17-18,20-21H2,1-4H3,(H,30,31). The molecule has 2 aromatic carbocycles. The average molecular weight is 492 g/mol. The van der Waals surface area contributed by atoms with Crippen molar-refractivity contribution in [1.29, 1.82) is 0 Å². The van der Waals surface area contributed by atoms with E-state index < -0.39 is 0 Å². The van der Waals surface area contributed by atoms with E-state index in [1.807, 2.05) is 57.2 Å². The van der Waals surface area contributed by atoms with Gasteiger partial charge in [0, 0.05) is 25.8 Å². The van der Waals surface area contributed by atoms with Crippen LogP contribution in [0.1, 0.15) is 49.2 Å². The van der Waals surface area contributed by atoms with Gasteiger partial charge in [-0.2, -0.15) is 0 Å². The molecule has 0 saturated carbocycles. The first-order chi connectivity index (χ1) is 17.5. The van der Waals surface area contributed by atoms with Gasteiger partial charge in [-0.25, -0.2) is 9.78 Å². The van der Waals surface area contributed by atoms with E-state index in [4.69, 9.17) is 14.2 Å². The number of carbonyl (C=O) groups excluding carboxylic acids is 1. The predicted molar refractivity (Wildman–Crippen MR) is 143 cm³/mol. The third-order valence-electron chi connectivity index (χ3n) is 5.48. The number of benzene rings is 2. The van der Waals surface area contributed by atoms with Gasteiger partial charge in [0.05, 0.1) is 12.7 Å². The number of carbonyl (C=O) groups is 1. The second-order valence-corrected chi connectivity index (χ2v) is 8.66. The summed E-state index contributed by atoms with van der Waals surface area (Å²) in [5, 5.41) is 3.29. The van der Waals surface area contributed by atoms with E-state index in [1.165, 1.54) is 5.56 Å². The van der Waals surface area contributed by atoms with E-state index in [9.17, 15) is 4.79 Å². The average Bonchev–Trinajstić information content (AvgIpc) is 2.88. The van der Waals surface area contributed by atoms with Crippen LogP contribution in [-0.2, 0) is 17.9 Å². The Labute approximate surface area is 214 Å². The number of pyridine rings is 1. The number of ether oxygens (including phenoxy) is 3. The lowest BCUT2D eigenvalue weighted by molar-refractivity contribution is 0.0378. The maximum atomic E-state index is 12.4. The van der Waals surface area contributed by atoms with Crippen molar-refractivity contribution >= 4 is 11.8 Å². The molecule has 0 amide bonds. The van der Waals surface area contributed by atoms with E-state index in [-0.39, 0.29) is 12.1 Å². The summed E-state index contributed by atoms with van der Waals surface area (Å²) in [6.07, 6.45) is 1.49. The fourth-order valence-corrected chi connectivity index (χ4v) is 3.68. The van der Waals surface area contributed by atoms with Gasteiger partial charge in [-0.1, -0.05) is 31.2 Å². The molecule has 3 rings (SSSR count). The molecular formula is C29H37N3O4. The minimum absolute atomic E-state index is 0.179. The third-order valence-corrected chi connectivity index (χ3v) is 5.48. The van der Waals surface area contributed by atoms with Gasteiger partial charge in [0.1, 0.15) is 29.5 Å². The molecule has 1 N–H and O–H groups in total. The number of anilines is 1. The molecule has 0 radical (unpaired) electrons. The van der Waals surface area contributed by atoms with Crippen LogP contribution in [0, 0.1) is 0 Å². The maximum Gasteiger partial charge on any atom is 0.342 e. The lowest BCUT2D eigenvalue weighted by Gasteiger charge is -2.21. The second-order valence-electron chi connectivity index (χ2n) is 8.66. The topological polar surface area (TPSA) is 72.9 Å². The highest BCUT2D eigenvalue weighted by molar-refractivity contribution is 5.94. The normalized spacial score (nSPS) is 10.9. The first-order valence-electron chi connectivity index (χ1n) is 12.5. The van der Waals surface area contributed by atoms with Crippen LogP contribution in [0.2, 0.25) is 0 Å². The van der Waals surface area contributed by atoms with Gasteiger partial charge in [-0.15, -0.1) is 0 Å². The molecule has 0 atom stereocenters. The number of likely N-dealkylation sites (N-methyl/N-ethyl adjacent to an activating group) is 1. The van der Waals surface area contributed by atoms with Crippen molar-refractivity contribution in [2.24, 2.45) is 0 Å². The van der Waals surface area contributed by atoms with Crippen molar-refractivity contribution in [2.45, 2.75) is 47.0 Å². The zero-order valence-corrected chi connectivity index (χ0v) is 21.7. The zero-order valence-electron chi connectivity index (χ0n) is 21.7. The third kappa shape index (κ3) is 8.57. The van der Waals surface area contributed by atoms with Gasteiger partial charge in [-0.3, -0.25) is 4.90 Å². The number of nitrogens with zero attached hydrogens (tertiary/aromatic N) is 2. The van der Waals surface area contributed by atoms with Gasteiger partial charge < -0.3 is 19.5 Å². The minimum atomic E-state index is -0.366. The number of rotatable bonds is 14. The summed E-state index contributed by atoms with van der Waals surface area (Å²) in [6.45, 7) is 12.1. The molecule has 0 bridgehead atoms. The van der Waals surface area contributed by atoms with Crippen LogP contribution in [0.15, 0.2) is 66.9 Å². The molecule has 0 aliphatic heterocycles. The summed E-state index contributed by atoms with van der Waals surface area (Å²) in [6, 6.07) is 19.7. The van der Waals surface area contributed by atoms with Crippen molar-refractivity contribution in [3.8, 4) is 11.5 Å². The van der Waals surface area contributed by atoms with Crippen LogP contribution in [0.5, 0.6) is 11.5 Å². The molecule has 0 fully saturated rings. The van der Waals surface area contributed by atoms with Crippen LogP contribution in [-0.4, -0.2) is 48.2 Å². The van der Waals surface area contributed by atoms with Gasteiger partial charge in [0.2, 0.25) is 0 Å². The first-order valence-corrected chi connectivity index (χ1v) is 12.5. The Morgan fingerprint density at radius 2 is 1.78 bits per heavy atom. The van der Waals surface area contributed by atoms with Gasteiger partial charge in [0.25, 0.3) is 0 Å². The highest BCUT2D eigenvalue weighted by atomic mass is 16.5. The lowest BCUT2D eigenvalue weighted by atomic mass is 10.2. The molecule has 1 heterocycles. The molecule has 0 spiro atoms. The molecule has 7 nitrogen and oxygen atoms in total. The van der Waals surface area contributed by atoms with Crippen molar-refractivity contribution in [1.82, 2.24) is 9.88 Å². The Balaban J connectivity index is 1.51. The number of esters is 1. The van der Waals surface area contributed by atoms with Gasteiger partial charge in [0.15, 0.2) is 0 Å². The summed E-state index contributed by atoms with van der Waals surface area (Å²) < 4.78 is 16.9. The van der Waals surface area contributed by atoms with Crippen LogP contribution in [0.3, 0.4) is 0 Å². The Kier molecular flexibility index (Phi) is 10.6. The lowest BCUT2D eigenvalue weighted by Crippen LogP contribution is -2.29. The van der Waals surface area contributed by atoms with E-state index in [2.05, 4.69) is 34.3 Å². The fourth-order valence-electron chi connectivity index (χ4n) is 3.68. The summed E-state index contributed by atoms with van der Waals surface area (Å²) in [7, 11) is 0. The molecule has 3 aromatic rings. The molecule has 0 unspecified atom stereocenters. The van der Waals surface area contributed by atoms with Crippen molar-refractivity contribution in [2.75, 3.05) is 31.6 Å². The highest BCUT2D eigenvalue weighted by Gasteiger charge is 2.15. The monoisotopic (exact) mass is 491 g/mol. The summed E-state index contributed by atoms with van der Waals surface area (Å²) in [4.78, 5) is 19.0. The number of aromatic nitrogens is 1. The quantitative estimate of drug-likeness (QED) is 0.296. The Bertz CT molecular complexity index is 1090. The van der Waals surface area contributed by atoms with Crippen LogP contribution < -0.4 is 14.8 Å². The molecule has 1 aromatic heterocycles. The molecule has 0 aliphatic rings. The zero-order chi connectivity index (χ0) is 25.8. The maximum absolute atomic E-state index is 12.4. The van der Waals surface area contributed by atoms with Crippen LogP contribution in [0.4, 0.5) is 5.82 Å². The predicted octanol–water partition coefficient (Wildman–Crippen LogP) is 5.56. The summed E-state index contributed by atoms with van der Waals surface area (Å²) in [5.41, 5.74) is 2.72. The van der Waals surface area contributed by atoms with Crippen molar-refractivity contribution < 1.29 is 19.0 Å². The molecule has 192 valence electrons. The summed E-state index contributed by atoms with van der Waals surface area (Å²) in [5.74, 6) is 1.89. The largest absolute Gasteiger partial charge is 0.494 e. The smallest absolute Gasteiger partial charge is 0.342 e. The highest BCUT2D eigenvalue weighted by Crippen LogP contribution is 2.19. The molecule has 7 heteroatoms. The summed E-state index contributed by atoms with van der Waals surface area (Å²) >= 11 is 0.